The maximum atomic E-state index is 12.2. The van der Waals surface area contributed by atoms with Crippen molar-refractivity contribution >= 4 is 23.5 Å². The fourth-order valence-electron chi connectivity index (χ4n) is 2.41. The van der Waals surface area contributed by atoms with Crippen molar-refractivity contribution in [3.05, 3.63) is 65.2 Å². The number of carbonyl (C=O) groups excluding carboxylic acids is 3. The van der Waals surface area contributed by atoms with Gasteiger partial charge in [0.1, 0.15) is 6.54 Å². The first kappa shape index (κ1) is 19.2. The van der Waals surface area contributed by atoms with Gasteiger partial charge in [0.15, 0.2) is 0 Å². The Labute approximate surface area is 152 Å². The lowest BCUT2D eigenvalue weighted by Gasteiger charge is -2.21. The quantitative estimate of drug-likeness (QED) is 0.809. The van der Waals surface area contributed by atoms with Gasteiger partial charge in [0.2, 0.25) is 11.8 Å². The van der Waals surface area contributed by atoms with E-state index in [4.69, 9.17) is 0 Å². The predicted molar refractivity (Wildman–Crippen MR) is 98.8 cm³/mol. The van der Waals surface area contributed by atoms with Crippen LogP contribution in [0.15, 0.2) is 48.5 Å². The Morgan fingerprint density at radius 1 is 1.08 bits per heavy atom. The van der Waals surface area contributed by atoms with Gasteiger partial charge in [-0.2, -0.15) is 0 Å². The number of anilines is 1. The van der Waals surface area contributed by atoms with Crippen LogP contribution in [0.3, 0.4) is 0 Å². The maximum Gasteiger partial charge on any atom is 0.337 e. The van der Waals surface area contributed by atoms with Gasteiger partial charge in [-0.1, -0.05) is 35.9 Å². The standard InChI is InChI=1S/C20H22N2O4/c1-14-7-9-16(10-8-14)12-21-19(24)13-22(15(2)23)18-6-4-5-17(11-18)20(25)26-3/h4-11H,12-13H2,1-3H3,(H,21,24). The Morgan fingerprint density at radius 2 is 1.77 bits per heavy atom. The van der Waals surface area contributed by atoms with E-state index in [0.717, 1.165) is 11.1 Å². The first-order chi connectivity index (χ1) is 12.4. The van der Waals surface area contributed by atoms with Crippen LogP contribution in [0.25, 0.3) is 0 Å². The molecule has 0 unspecified atom stereocenters. The summed E-state index contributed by atoms with van der Waals surface area (Å²) in [4.78, 5) is 37.2. The summed E-state index contributed by atoms with van der Waals surface area (Å²) in [6.45, 7) is 3.62. The summed E-state index contributed by atoms with van der Waals surface area (Å²) < 4.78 is 4.69. The van der Waals surface area contributed by atoms with Crippen molar-refractivity contribution in [3.63, 3.8) is 0 Å². The highest BCUT2D eigenvalue weighted by Crippen LogP contribution is 2.17. The lowest BCUT2D eigenvalue weighted by Crippen LogP contribution is -2.39. The van der Waals surface area contributed by atoms with Crippen LogP contribution in [-0.2, 0) is 20.9 Å². The molecule has 2 aromatic rings. The zero-order chi connectivity index (χ0) is 19.1. The Hall–Kier alpha value is -3.15. The van der Waals surface area contributed by atoms with Crippen molar-refractivity contribution in [2.24, 2.45) is 0 Å². The summed E-state index contributed by atoms with van der Waals surface area (Å²) in [5, 5.41) is 2.80. The number of benzene rings is 2. The second kappa shape index (κ2) is 8.80. The highest BCUT2D eigenvalue weighted by molar-refractivity contribution is 5.99. The molecule has 2 rings (SSSR count). The highest BCUT2D eigenvalue weighted by Gasteiger charge is 2.17. The molecule has 0 heterocycles. The lowest BCUT2D eigenvalue weighted by atomic mass is 10.1. The lowest BCUT2D eigenvalue weighted by molar-refractivity contribution is -0.123. The number of aryl methyl sites for hydroxylation is 1. The largest absolute Gasteiger partial charge is 0.465 e. The van der Waals surface area contributed by atoms with Crippen LogP contribution in [0.5, 0.6) is 0 Å². The van der Waals surface area contributed by atoms with Crippen LogP contribution in [-0.4, -0.2) is 31.4 Å². The monoisotopic (exact) mass is 354 g/mol. The van der Waals surface area contributed by atoms with E-state index >= 15 is 0 Å². The number of ether oxygens (including phenoxy) is 1. The number of carbonyl (C=O) groups is 3. The van der Waals surface area contributed by atoms with E-state index in [9.17, 15) is 14.4 Å². The molecule has 1 N–H and O–H groups in total. The van der Waals surface area contributed by atoms with Crippen LogP contribution in [0.4, 0.5) is 5.69 Å². The summed E-state index contributed by atoms with van der Waals surface area (Å²) >= 11 is 0. The molecule has 136 valence electrons. The first-order valence-corrected chi connectivity index (χ1v) is 8.19. The number of rotatable bonds is 6. The summed E-state index contributed by atoms with van der Waals surface area (Å²) in [7, 11) is 1.29. The number of hydrogen-bond acceptors (Lipinski definition) is 4. The number of methoxy groups -OCH3 is 1. The molecule has 0 aliphatic rings. The molecule has 0 fully saturated rings. The van der Waals surface area contributed by atoms with E-state index in [2.05, 4.69) is 10.1 Å². The third-order valence-corrected chi connectivity index (χ3v) is 3.87. The Kier molecular flexibility index (Phi) is 6.49. The molecule has 0 aliphatic heterocycles. The normalized spacial score (nSPS) is 10.1. The summed E-state index contributed by atoms with van der Waals surface area (Å²) in [6, 6.07) is 14.3. The van der Waals surface area contributed by atoms with Gasteiger partial charge in [-0.15, -0.1) is 0 Å². The van der Waals surface area contributed by atoms with Crippen molar-refractivity contribution in [2.75, 3.05) is 18.6 Å². The molecule has 0 aromatic heterocycles. The molecule has 0 atom stereocenters. The van der Waals surface area contributed by atoms with E-state index in [-0.39, 0.29) is 18.4 Å². The molecule has 0 aliphatic carbocycles. The van der Waals surface area contributed by atoms with Gasteiger partial charge in [-0.3, -0.25) is 9.59 Å². The number of amides is 2. The van der Waals surface area contributed by atoms with E-state index in [1.54, 1.807) is 18.2 Å². The fourth-order valence-corrected chi connectivity index (χ4v) is 2.41. The van der Waals surface area contributed by atoms with Crippen LogP contribution >= 0.6 is 0 Å². The van der Waals surface area contributed by atoms with Crippen molar-refractivity contribution in [2.45, 2.75) is 20.4 Å². The third-order valence-electron chi connectivity index (χ3n) is 3.87. The maximum absolute atomic E-state index is 12.2. The van der Waals surface area contributed by atoms with Crippen LogP contribution in [0.2, 0.25) is 0 Å². The third kappa shape index (κ3) is 5.17. The Balaban J connectivity index is 2.05. The first-order valence-electron chi connectivity index (χ1n) is 8.19. The molecule has 2 amide bonds. The average molecular weight is 354 g/mol. The molecular formula is C20H22N2O4. The molecule has 0 bridgehead atoms. The minimum absolute atomic E-state index is 0.133. The molecule has 6 heteroatoms. The minimum Gasteiger partial charge on any atom is -0.465 e. The van der Waals surface area contributed by atoms with Crippen LogP contribution in [0, 0.1) is 6.92 Å². The van der Waals surface area contributed by atoms with E-state index in [0.29, 0.717) is 17.8 Å². The number of esters is 1. The van der Waals surface area contributed by atoms with Crippen molar-refractivity contribution < 1.29 is 19.1 Å². The molecule has 0 radical (unpaired) electrons. The summed E-state index contributed by atoms with van der Waals surface area (Å²) in [5.74, 6) is -1.08. The molecule has 0 saturated carbocycles. The van der Waals surface area contributed by atoms with Gasteiger partial charge < -0.3 is 15.0 Å². The van der Waals surface area contributed by atoms with E-state index in [1.807, 2.05) is 31.2 Å². The zero-order valence-corrected chi connectivity index (χ0v) is 15.1. The van der Waals surface area contributed by atoms with Crippen molar-refractivity contribution in [1.29, 1.82) is 0 Å². The summed E-state index contributed by atoms with van der Waals surface area (Å²) in [5.41, 5.74) is 2.90. The van der Waals surface area contributed by atoms with E-state index < -0.39 is 5.97 Å². The van der Waals surface area contributed by atoms with Gasteiger partial charge in [0.25, 0.3) is 0 Å². The van der Waals surface area contributed by atoms with Crippen molar-refractivity contribution in [1.82, 2.24) is 5.32 Å². The molecule has 0 spiro atoms. The summed E-state index contributed by atoms with van der Waals surface area (Å²) in [6.07, 6.45) is 0. The molecule has 6 nitrogen and oxygen atoms in total. The minimum atomic E-state index is -0.501. The molecule has 26 heavy (non-hydrogen) atoms. The van der Waals surface area contributed by atoms with Gasteiger partial charge >= 0.3 is 5.97 Å². The molecule has 0 saturated heterocycles. The zero-order valence-electron chi connectivity index (χ0n) is 15.1. The molecular weight excluding hydrogens is 332 g/mol. The van der Waals surface area contributed by atoms with Crippen LogP contribution < -0.4 is 10.2 Å². The topological polar surface area (TPSA) is 75.7 Å². The van der Waals surface area contributed by atoms with Gasteiger partial charge in [-0.05, 0) is 30.7 Å². The van der Waals surface area contributed by atoms with Crippen LogP contribution in [0.1, 0.15) is 28.4 Å². The predicted octanol–water partition coefficient (Wildman–Crippen LogP) is 2.45. The van der Waals surface area contributed by atoms with Gasteiger partial charge in [0, 0.05) is 19.2 Å². The Bertz CT molecular complexity index is 800. The fraction of sp³-hybridized carbons (Fsp3) is 0.250. The number of hydrogen-bond donors (Lipinski definition) is 1. The second-order valence-corrected chi connectivity index (χ2v) is 5.91. The second-order valence-electron chi connectivity index (χ2n) is 5.91. The highest BCUT2D eigenvalue weighted by atomic mass is 16.5. The van der Waals surface area contributed by atoms with Gasteiger partial charge in [0.05, 0.1) is 12.7 Å². The number of nitrogens with one attached hydrogen (secondary N) is 1. The van der Waals surface area contributed by atoms with E-state index in [1.165, 1.54) is 25.0 Å². The SMILES string of the molecule is COC(=O)c1cccc(N(CC(=O)NCc2ccc(C)cc2)C(C)=O)c1. The average Bonchev–Trinajstić information content (AvgIpc) is 2.64. The molecule has 2 aromatic carbocycles. The Morgan fingerprint density at radius 3 is 2.38 bits per heavy atom. The van der Waals surface area contributed by atoms with Crippen molar-refractivity contribution in [3.8, 4) is 0 Å². The smallest absolute Gasteiger partial charge is 0.337 e. The number of nitrogens with zero attached hydrogens (tertiary/aromatic N) is 1. The van der Waals surface area contributed by atoms with Gasteiger partial charge in [-0.25, -0.2) is 4.79 Å².